The number of carbonyl (C=O) groups is 2. The summed E-state index contributed by atoms with van der Waals surface area (Å²) in [6, 6.07) is 19.0. The summed E-state index contributed by atoms with van der Waals surface area (Å²) in [5.74, 6) is -1.83. The minimum atomic E-state index is -4.33. The minimum absolute atomic E-state index is 0.0768. The van der Waals surface area contributed by atoms with Gasteiger partial charge < -0.3 is 10.1 Å². The summed E-state index contributed by atoms with van der Waals surface area (Å²) in [4.78, 5) is 48.6. The molecule has 4 rings (SSSR count). The van der Waals surface area contributed by atoms with Gasteiger partial charge in [0.15, 0.2) is 6.10 Å². The van der Waals surface area contributed by atoms with E-state index in [-0.39, 0.29) is 27.5 Å². The van der Waals surface area contributed by atoms with Gasteiger partial charge in [-0.2, -0.15) is 0 Å². The van der Waals surface area contributed by atoms with Gasteiger partial charge in [0, 0.05) is 13.1 Å². The van der Waals surface area contributed by atoms with Crippen molar-refractivity contribution in [1.29, 1.82) is 0 Å². The molecule has 2 N–H and O–H groups in total. The molecule has 0 aliphatic rings. The van der Waals surface area contributed by atoms with Crippen molar-refractivity contribution in [3.8, 4) is 5.69 Å². The molecule has 1 atom stereocenters. The van der Waals surface area contributed by atoms with Gasteiger partial charge in [-0.15, -0.1) is 0 Å². The van der Waals surface area contributed by atoms with Crippen LogP contribution in [0.25, 0.3) is 5.69 Å². The second-order valence-electron chi connectivity index (χ2n) is 8.88. The third kappa shape index (κ3) is 6.01. The number of ether oxygens (including phenoxy) is 1. The van der Waals surface area contributed by atoms with Crippen molar-refractivity contribution < 1.29 is 27.7 Å². The number of rotatable bonds is 9. The molecular weight excluding hydrogens is 554 g/mol. The number of para-hydroxylation sites is 3. The lowest BCUT2D eigenvalue weighted by atomic mass is 10.2. The van der Waals surface area contributed by atoms with E-state index in [1.54, 1.807) is 44.3 Å². The number of anilines is 2. The summed E-state index contributed by atoms with van der Waals surface area (Å²) in [7, 11) is -2.71. The molecule has 0 bridgehead atoms. The van der Waals surface area contributed by atoms with Crippen LogP contribution in [0.5, 0.6) is 0 Å². The molecule has 3 aromatic carbocycles. The van der Waals surface area contributed by atoms with Crippen LogP contribution in [0.2, 0.25) is 0 Å². The summed E-state index contributed by atoms with van der Waals surface area (Å²) in [6.07, 6.45) is -1.37. The van der Waals surface area contributed by atoms with Gasteiger partial charge in [-0.25, -0.2) is 17.9 Å². The first-order valence-corrected chi connectivity index (χ1v) is 13.6. The van der Waals surface area contributed by atoms with Gasteiger partial charge >= 0.3 is 5.97 Å². The Kier molecular flexibility index (Phi) is 8.05. The number of nitrogens with one attached hydrogen (secondary N) is 2. The molecule has 4 aromatic rings. The monoisotopic (exact) mass is 579 g/mol. The quantitative estimate of drug-likeness (QED) is 0.173. The van der Waals surface area contributed by atoms with Crippen LogP contribution in [-0.4, -0.2) is 40.7 Å². The van der Waals surface area contributed by atoms with E-state index in [4.69, 9.17) is 4.74 Å². The normalized spacial score (nSPS) is 11.9. The number of esters is 1. The Bertz CT molecular complexity index is 1810. The zero-order valence-corrected chi connectivity index (χ0v) is 22.9. The Hall–Kier alpha value is -5.24. The number of nitro groups is 1. The maximum absolute atomic E-state index is 13.2. The lowest BCUT2D eigenvalue weighted by Gasteiger charge is -2.14. The zero-order chi connectivity index (χ0) is 29.9. The summed E-state index contributed by atoms with van der Waals surface area (Å²) >= 11 is 0. The van der Waals surface area contributed by atoms with Crippen LogP contribution in [0.15, 0.2) is 88.6 Å². The average Bonchev–Trinajstić information content (AvgIpc) is 3.16. The summed E-state index contributed by atoms with van der Waals surface area (Å²) in [5.41, 5.74) is -0.445. The van der Waals surface area contributed by atoms with E-state index in [9.17, 15) is 32.9 Å². The maximum Gasteiger partial charge on any atom is 0.338 e. The van der Waals surface area contributed by atoms with Gasteiger partial charge in [0.1, 0.15) is 11.4 Å². The Balaban J connectivity index is 1.52. The fraction of sp³-hybridized carbons (Fsp3) is 0.148. The molecule has 14 heteroatoms. The number of sulfonamides is 1. The third-order valence-corrected chi connectivity index (χ3v) is 7.53. The van der Waals surface area contributed by atoms with Crippen molar-refractivity contribution in [2.24, 2.45) is 7.05 Å². The Labute approximate surface area is 234 Å². The number of hydrogen-bond acceptors (Lipinski definition) is 8. The molecule has 1 aromatic heterocycles. The minimum Gasteiger partial charge on any atom is -0.449 e. The van der Waals surface area contributed by atoms with Crippen molar-refractivity contribution in [3.05, 3.63) is 111 Å². The van der Waals surface area contributed by atoms with Crippen LogP contribution in [0.3, 0.4) is 0 Å². The molecule has 0 spiro atoms. The average molecular weight is 580 g/mol. The molecule has 0 radical (unpaired) electrons. The topological polar surface area (TPSA) is 172 Å². The first-order chi connectivity index (χ1) is 19.4. The molecule has 0 saturated heterocycles. The molecule has 13 nitrogen and oxygen atoms in total. The number of aromatic nitrogens is 2. The largest absolute Gasteiger partial charge is 0.449 e. The Morgan fingerprint density at radius 3 is 2.34 bits per heavy atom. The van der Waals surface area contributed by atoms with Gasteiger partial charge in [0.05, 0.1) is 26.8 Å². The van der Waals surface area contributed by atoms with Crippen LogP contribution >= 0.6 is 0 Å². The lowest BCUT2D eigenvalue weighted by Crippen LogP contribution is -2.30. The molecule has 41 heavy (non-hydrogen) atoms. The first-order valence-electron chi connectivity index (χ1n) is 12.1. The molecule has 1 unspecified atom stereocenters. The molecule has 1 amide bonds. The lowest BCUT2D eigenvalue weighted by molar-refractivity contribution is -0.383. The third-order valence-electron chi connectivity index (χ3n) is 6.18. The molecule has 0 aliphatic heterocycles. The smallest absolute Gasteiger partial charge is 0.338 e. The number of amides is 1. The van der Waals surface area contributed by atoms with E-state index in [0.717, 1.165) is 6.07 Å². The van der Waals surface area contributed by atoms with Crippen LogP contribution in [0.1, 0.15) is 23.0 Å². The van der Waals surface area contributed by atoms with Crippen LogP contribution in [-0.2, 0) is 26.6 Å². The van der Waals surface area contributed by atoms with Crippen molar-refractivity contribution in [3.63, 3.8) is 0 Å². The first kappa shape index (κ1) is 28.8. The number of carbonyl (C=O) groups excluding carboxylic acids is 2. The van der Waals surface area contributed by atoms with Crippen LogP contribution < -0.4 is 15.6 Å². The number of benzene rings is 3. The molecule has 0 aliphatic carbocycles. The Morgan fingerprint density at radius 2 is 1.66 bits per heavy atom. The summed E-state index contributed by atoms with van der Waals surface area (Å²) < 4.78 is 36.8. The van der Waals surface area contributed by atoms with E-state index in [1.807, 2.05) is 0 Å². The van der Waals surface area contributed by atoms with E-state index in [0.29, 0.717) is 11.4 Å². The zero-order valence-electron chi connectivity index (χ0n) is 22.1. The highest BCUT2D eigenvalue weighted by molar-refractivity contribution is 7.92. The molecule has 0 saturated carbocycles. The fourth-order valence-electron chi connectivity index (χ4n) is 3.92. The summed E-state index contributed by atoms with van der Waals surface area (Å²) in [5, 5.41) is 13.5. The molecular formula is C27H25N5O8S. The second kappa shape index (κ2) is 11.5. The number of nitrogens with zero attached hydrogens (tertiary/aromatic N) is 3. The van der Waals surface area contributed by atoms with Crippen molar-refractivity contribution in [2.75, 3.05) is 10.0 Å². The van der Waals surface area contributed by atoms with Crippen LogP contribution in [0.4, 0.5) is 17.1 Å². The Morgan fingerprint density at radius 1 is 1.00 bits per heavy atom. The van der Waals surface area contributed by atoms with Gasteiger partial charge in [-0.1, -0.05) is 36.4 Å². The molecule has 1 heterocycles. The van der Waals surface area contributed by atoms with Crippen molar-refractivity contribution >= 4 is 39.0 Å². The van der Waals surface area contributed by atoms with Gasteiger partial charge in [-0.3, -0.25) is 29.1 Å². The van der Waals surface area contributed by atoms with E-state index < -0.39 is 38.5 Å². The highest BCUT2D eigenvalue weighted by Crippen LogP contribution is 2.24. The predicted molar refractivity (Wildman–Crippen MR) is 150 cm³/mol. The fourth-order valence-corrected chi connectivity index (χ4v) is 5.09. The highest BCUT2D eigenvalue weighted by Gasteiger charge is 2.25. The van der Waals surface area contributed by atoms with Crippen LogP contribution in [0, 0.1) is 17.0 Å². The SMILES string of the molecule is Cc1c(NS(=O)(=O)c2cccc(C(=O)OC(C)C(=O)Nc3ccccc3[N+](=O)[O-])c2)c(=O)n(-c2ccccc2)n1C. The van der Waals surface area contributed by atoms with E-state index in [2.05, 4.69) is 10.0 Å². The molecule has 212 valence electrons. The standard InChI is InChI=1S/C27H25N5O8S/c1-17-24(26(34)31(30(17)3)20-11-5-4-6-12-20)29-41(38,39)21-13-9-10-19(16-21)27(35)40-18(2)25(33)28-22-14-7-8-15-23(22)32(36)37/h4-16,18,29H,1-3H3,(H,28,33). The van der Waals surface area contributed by atoms with Crippen molar-refractivity contribution in [2.45, 2.75) is 24.8 Å². The summed E-state index contributed by atoms with van der Waals surface area (Å²) in [6.45, 7) is 2.85. The van der Waals surface area contributed by atoms with Gasteiger partial charge in [0.2, 0.25) is 0 Å². The van der Waals surface area contributed by atoms with Crippen molar-refractivity contribution in [1.82, 2.24) is 9.36 Å². The van der Waals surface area contributed by atoms with Gasteiger partial charge in [0.25, 0.3) is 27.2 Å². The number of hydrogen-bond donors (Lipinski definition) is 2. The van der Waals surface area contributed by atoms with E-state index in [1.165, 1.54) is 58.8 Å². The maximum atomic E-state index is 13.2. The predicted octanol–water partition coefficient (Wildman–Crippen LogP) is 3.38. The second-order valence-corrected chi connectivity index (χ2v) is 10.6. The van der Waals surface area contributed by atoms with E-state index >= 15 is 0 Å². The number of nitro benzene ring substituents is 1. The highest BCUT2D eigenvalue weighted by atomic mass is 32.2. The van der Waals surface area contributed by atoms with Gasteiger partial charge in [-0.05, 0) is 50.2 Å². The molecule has 0 fully saturated rings.